The molecule has 1 N–H and O–H groups in total. The van der Waals surface area contributed by atoms with Crippen molar-refractivity contribution in [2.75, 3.05) is 26.7 Å². The van der Waals surface area contributed by atoms with E-state index in [2.05, 4.69) is 34.5 Å². The summed E-state index contributed by atoms with van der Waals surface area (Å²) >= 11 is 0. The van der Waals surface area contributed by atoms with Crippen LogP contribution in [0.4, 0.5) is 0 Å². The van der Waals surface area contributed by atoms with E-state index in [1.165, 1.54) is 37.1 Å². The molecule has 0 radical (unpaired) electrons. The Morgan fingerprint density at radius 3 is 2.31 bits per heavy atom. The summed E-state index contributed by atoms with van der Waals surface area (Å²) in [6.07, 6.45) is 3.88. The summed E-state index contributed by atoms with van der Waals surface area (Å²) < 4.78 is 0. The molecule has 0 saturated carbocycles. The molecule has 1 aromatic rings. The Balaban J connectivity index is 1.86. The van der Waals surface area contributed by atoms with Crippen molar-refractivity contribution in [1.29, 1.82) is 0 Å². The Kier molecular flexibility index (Phi) is 4.37. The highest BCUT2D eigenvalue weighted by Crippen LogP contribution is 2.13. The van der Waals surface area contributed by atoms with Crippen LogP contribution in [0.5, 0.6) is 0 Å². The van der Waals surface area contributed by atoms with Crippen LogP contribution in [-0.4, -0.2) is 31.6 Å². The van der Waals surface area contributed by atoms with Gasteiger partial charge in [-0.05, 0) is 57.1 Å². The molecule has 0 aliphatic carbocycles. The molecule has 1 fully saturated rings. The van der Waals surface area contributed by atoms with Crippen LogP contribution in [0.3, 0.4) is 0 Å². The van der Waals surface area contributed by atoms with Crippen LogP contribution >= 0.6 is 0 Å². The highest BCUT2D eigenvalue weighted by molar-refractivity contribution is 5.22. The van der Waals surface area contributed by atoms with Gasteiger partial charge in [0.25, 0.3) is 0 Å². The van der Waals surface area contributed by atoms with Crippen LogP contribution in [0, 0.1) is 0 Å². The minimum Gasteiger partial charge on any atom is -0.319 e. The number of hydrogen-bond acceptors (Lipinski definition) is 2. The maximum absolute atomic E-state index is 3.18. The lowest BCUT2D eigenvalue weighted by atomic mass is 10.1. The predicted molar refractivity (Wildman–Crippen MR) is 68.6 cm³/mol. The van der Waals surface area contributed by atoms with Crippen molar-refractivity contribution in [3.8, 4) is 0 Å². The first kappa shape index (κ1) is 11.6. The minimum absolute atomic E-state index is 1.06. The molecule has 0 atom stereocenters. The van der Waals surface area contributed by atoms with E-state index >= 15 is 0 Å². The Bertz CT molecular complexity index is 299. The van der Waals surface area contributed by atoms with E-state index in [-0.39, 0.29) is 0 Å². The van der Waals surface area contributed by atoms with Crippen molar-refractivity contribution >= 4 is 0 Å². The average Bonchev–Trinajstić information content (AvgIpc) is 2.81. The zero-order valence-electron chi connectivity index (χ0n) is 10.2. The number of hydrogen-bond donors (Lipinski definition) is 1. The third kappa shape index (κ3) is 3.32. The third-order valence-electron chi connectivity index (χ3n) is 3.29. The predicted octanol–water partition coefficient (Wildman–Crippen LogP) is 2.04. The minimum atomic E-state index is 1.06. The van der Waals surface area contributed by atoms with Crippen LogP contribution in [-0.2, 0) is 13.0 Å². The number of nitrogens with zero attached hydrogens (tertiary/aromatic N) is 1. The maximum atomic E-state index is 3.18. The van der Waals surface area contributed by atoms with E-state index in [0.29, 0.717) is 0 Å². The molecule has 2 nitrogen and oxygen atoms in total. The lowest BCUT2D eigenvalue weighted by Gasteiger charge is -2.14. The molecule has 0 bridgehead atoms. The highest BCUT2D eigenvalue weighted by atomic mass is 15.1. The van der Waals surface area contributed by atoms with Gasteiger partial charge in [0.2, 0.25) is 0 Å². The number of likely N-dealkylation sites (N-methyl/N-ethyl adjacent to an activating group) is 1. The zero-order chi connectivity index (χ0) is 11.2. The SMILES string of the molecule is CNCCc1ccc(CN2CCCC2)cc1. The van der Waals surface area contributed by atoms with Gasteiger partial charge in [0, 0.05) is 6.54 Å². The number of likely N-dealkylation sites (tertiary alicyclic amines) is 1. The Morgan fingerprint density at radius 1 is 1.06 bits per heavy atom. The fourth-order valence-electron chi connectivity index (χ4n) is 2.28. The van der Waals surface area contributed by atoms with E-state index in [1.54, 1.807) is 0 Å². The monoisotopic (exact) mass is 218 g/mol. The van der Waals surface area contributed by atoms with Crippen molar-refractivity contribution in [3.63, 3.8) is 0 Å². The van der Waals surface area contributed by atoms with E-state index < -0.39 is 0 Å². The molecule has 0 amide bonds. The fraction of sp³-hybridized carbons (Fsp3) is 0.571. The number of rotatable bonds is 5. The van der Waals surface area contributed by atoms with Crippen molar-refractivity contribution in [1.82, 2.24) is 10.2 Å². The first-order valence-corrected chi connectivity index (χ1v) is 6.33. The van der Waals surface area contributed by atoms with Gasteiger partial charge in [0.1, 0.15) is 0 Å². The van der Waals surface area contributed by atoms with Crippen molar-refractivity contribution in [2.24, 2.45) is 0 Å². The van der Waals surface area contributed by atoms with Gasteiger partial charge in [-0.1, -0.05) is 24.3 Å². The maximum Gasteiger partial charge on any atom is 0.0233 e. The van der Waals surface area contributed by atoms with E-state index in [4.69, 9.17) is 0 Å². The molecule has 1 aromatic carbocycles. The fourth-order valence-corrected chi connectivity index (χ4v) is 2.28. The second kappa shape index (κ2) is 6.02. The van der Waals surface area contributed by atoms with Gasteiger partial charge in [-0.25, -0.2) is 0 Å². The van der Waals surface area contributed by atoms with Gasteiger partial charge >= 0.3 is 0 Å². The Morgan fingerprint density at radius 2 is 1.69 bits per heavy atom. The molecular weight excluding hydrogens is 196 g/mol. The second-order valence-electron chi connectivity index (χ2n) is 4.65. The quantitative estimate of drug-likeness (QED) is 0.813. The lowest BCUT2D eigenvalue weighted by Crippen LogP contribution is -2.18. The highest BCUT2D eigenvalue weighted by Gasteiger charge is 2.11. The molecule has 16 heavy (non-hydrogen) atoms. The Labute approximate surface area is 98.7 Å². The van der Waals surface area contributed by atoms with Gasteiger partial charge in [-0.15, -0.1) is 0 Å². The van der Waals surface area contributed by atoms with E-state index in [1.807, 2.05) is 7.05 Å². The van der Waals surface area contributed by atoms with Gasteiger partial charge in [-0.2, -0.15) is 0 Å². The van der Waals surface area contributed by atoms with Crippen molar-refractivity contribution in [3.05, 3.63) is 35.4 Å². The topological polar surface area (TPSA) is 15.3 Å². The summed E-state index contributed by atoms with van der Waals surface area (Å²) in [5, 5.41) is 3.18. The first-order chi connectivity index (χ1) is 7.88. The van der Waals surface area contributed by atoms with Crippen molar-refractivity contribution < 1.29 is 0 Å². The normalized spacial score (nSPS) is 16.8. The zero-order valence-corrected chi connectivity index (χ0v) is 10.2. The van der Waals surface area contributed by atoms with Crippen LogP contribution in [0.2, 0.25) is 0 Å². The van der Waals surface area contributed by atoms with Gasteiger partial charge in [0.15, 0.2) is 0 Å². The standard InChI is InChI=1S/C14H22N2/c1-15-9-8-13-4-6-14(7-5-13)12-16-10-2-3-11-16/h4-7,15H,2-3,8-12H2,1H3. The molecule has 88 valence electrons. The number of nitrogens with one attached hydrogen (secondary N) is 1. The molecular formula is C14H22N2. The van der Waals surface area contributed by atoms with E-state index in [9.17, 15) is 0 Å². The molecule has 1 aliphatic rings. The van der Waals surface area contributed by atoms with Crippen LogP contribution < -0.4 is 5.32 Å². The smallest absolute Gasteiger partial charge is 0.0233 e. The summed E-state index contributed by atoms with van der Waals surface area (Å²) in [7, 11) is 2.00. The molecule has 1 aliphatic heterocycles. The van der Waals surface area contributed by atoms with Gasteiger partial charge in [0.05, 0.1) is 0 Å². The lowest BCUT2D eigenvalue weighted by molar-refractivity contribution is 0.331. The number of benzene rings is 1. The summed E-state index contributed by atoms with van der Waals surface area (Å²) in [6, 6.07) is 9.10. The van der Waals surface area contributed by atoms with Gasteiger partial charge in [-0.3, -0.25) is 4.90 Å². The summed E-state index contributed by atoms with van der Waals surface area (Å²) in [5.41, 5.74) is 2.88. The molecule has 2 rings (SSSR count). The molecule has 2 heteroatoms. The van der Waals surface area contributed by atoms with E-state index in [0.717, 1.165) is 19.5 Å². The molecule has 0 aromatic heterocycles. The Hall–Kier alpha value is -0.860. The second-order valence-corrected chi connectivity index (χ2v) is 4.65. The molecule has 0 spiro atoms. The molecule has 0 unspecified atom stereocenters. The summed E-state index contributed by atoms with van der Waals surface area (Å²) in [5.74, 6) is 0. The first-order valence-electron chi connectivity index (χ1n) is 6.33. The molecule has 1 heterocycles. The van der Waals surface area contributed by atoms with Gasteiger partial charge < -0.3 is 5.32 Å². The third-order valence-corrected chi connectivity index (χ3v) is 3.29. The largest absolute Gasteiger partial charge is 0.319 e. The van der Waals surface area contributed by atoms with Crippen LogP contribution in [0.1, 0.15) is 24.0 Å². The average molecular weight is 218 g/mol. The molecule has 1 saturated heterocycles. The van der Waals surface area contributed by atoms with Crippen molar-refractivity contribution in [2.45, 2.75) is 25.8 Å². The van der Waals surface area contributed by atoms with Crippen LogP contribution in [0.15, 0.2) is 24.3 Å². The van der Waals surface area contributed by atoms with Crippen LogP contribution in [0.25, 0.3) is 0 Å². The summed E-state index contributed by atoms with van der Waals surface area (Å²) in [4.78, 5) is 2.54. The summed E-state index contributed by atoms with van der Waals surface area (Å²) in [6.45, 7) is 4.75.